The van der Waals surface area contributed by atoms with E-state index in [1.54, 1.807) is 36.4 Å². The Balaban J connectivity index is 1.59. The van der Waals surface area contributed by atoms with Gasteiger partial charge in [0.05, 0.1) is 0 Å². The zero-order valence-electron chi connectivity index (χ0n) is 16.6. The molecule has 3 aromatic carbocycles. The van der Waals surface area contributed by atoms with Crippen molar-refractivity contribution in [3.8, 4) is 11.1 Å². The Hall–Kier alpha value is -3.51. The minimum absolute atomic E-state index is 0.144. The maximum absolute atomic E-state index is 12.5. The summed E-state index contributed by atoms with van der Waals surface area (Å²) in [4.78, 5) is 24.6. The second-order valence-corrected chi connectivity index (χ2v) is 7.10. The SMILES string of the molecule is CCCNC(=O)c1cccc(NC(=S)NC(=O)c2ccc(-c3ccccc3)cc2)c1. The summed E-state index contributed by atoms with van der Waals surface area (Å²) in [6.45, 7) is 2.61. The minimum Gasteiger partial charge on any atom is -0.352 e. The van der Waals surface area contributed by atoms with Crippen molar-refractivity contribution in [2.24, 2.45) is 0 Å². The van der Waals surface area contributed by atoms with E-state index in [1.807, 2.05) is 49.4 Å². The quantitative estimate of drug-likeness (QED) is 0.512. The second-order valence-electron chi connectivity index (χ2n) is 6.69. The summed E-state index contributed by atoms with van der Waals surface area (Å²) in [5.74, 6) is -0.446. The molecule has 3 aromatic rings. The highest BCUT2D eigenvalue weighted by Crippen LogP contribution is 2.19. The van der Waals surface area contributed by atoms with Gasteiger partial charge in [0, 0.05) is 23.4 Å². The molecule has 0 atom stereocenters. The van der Waals surface area contributed by atoms with Crippen molar-refractivity contribution in [3.05, 3.63) is 90.0 Å². The summed E-state index contributed by atoms with van der Waals surface area (Å²) in [6, 6.07) is 24.2. The first kappa shape index (κ1) is 21.2. The van der Waals surface area contributed by atoms with Crippen LogP contribution in [0.25, 0.3) is 11.1 Å². The van der Waals surface area contributed by atoms with Crippen LogP contribution in [-0.2, 0) is 0 Å². The highest BCUT2D eigenvalue weighted by atomic mass is 32.1. The van der Waals surface area contributed by atoms with E-state index in [0.717, 1.165) is 17.5 Å². The summed E-state index contributed by atoms with van der Waals surface area (Å²) in [5, 5.41) is 8.61. The van der Waals surface area contributed by atoms with E-state index < -0.39 is 0 Å². The molecule has 3 N–H and O–H groups in total. The van der Waals surface area contributed by atoms with Crippen molar-refractivity contribution in [1.82, 2.24) is 10.6 Å². The molecule has 0 unspecified atom stereocenters. The topological polar surface area (TPSA) is 70.2 Å². The highest BCUT2D eigenvalue weighted by Gasteiger charge is 2.10. The van der Waals surface area contributed by atoms with Gasteiger partial charge in [0.2, 0.25) is 0 Å². The highest BCUT2D eigenvalue weighted by molar-refractivity contribution is 7.80. The number of thiocarbonyl (C=S) groups is 1. The Bertz CT molecular complexity index is 1030. The zero-order chi connectivity index (χ0) is 21.3. The summed E-state index contributed by atoms with van der Waals surface area (Å²) in [5.41, 5.74) is 3.78. The number of benzene rings is 3. The van der Waals surface area contributed by atoms with Crippen molar-refractivity contribution in [2.45, 2.75) is 13.3 Å². The van der Waals surface area contributed by atoms with E-state index >= 15 is 0 Å². The standard InChI is InChI=1S/C24H23N3O2S/c1-2-15-25-22(28)20-9-6-10-21(16-20)26-24(30)27-23(29)19-13-11-18(12-14-19)17-7-4-3-5-8-17/h3-14,16H,2,15H2,1H3,(H,25,28)(H2,26,27,29,30). The van der Waals surface area contributed by atoms with Crippen LogP contribution < -0.4 is 16.0 Å². The molecule has 0 bridgehead atoms. The Morgan fingerprint density at radius 2 is 1.50 bits per heavy atom. The molecule has 152 valence electrons. The van der Waals surface area contributed by atoms with Gasteiger partial charge < -0.3 is 10.6 Å². The molecule has 30 heavy (non-hydrogen) atoms. The van der Waals surface area contributed by atoms with E-state index in [0.29, 0.717) is 23.4 Å². The monoisotopic (exact) mass is 417 g/mol. The summed E-state index contributed by atoms with van der Waals surface area (Å²) >= 11 is 5.25. The Morgan fingerprint density at radius 3 is 2.20 bits per heavy atom. The number of nitrogens with one attached hydrogen (secondary N) is 3. The Labute approximate surface area is 181 Å². The van der Waals surface area contributed by atoms with Gasteiger partial charge in [0.25, 0.3) is 11.8 Å². The molecule has 0 radical (unpaired) electrons. The lowest BCUT2D eigenvalue weighted by Gasteiger charge is -2.11. The number of amides is 2. The number of rotatable bonds is 6. The largest absolute Gasteiger partial charge is 0.352 e. The molecular weight excluding hydrogens is 394 g/mol. The summed E-state index contributed by atoms with van der Waals surface area (Å²) < 4.78 is 0. The lowest BCUT2D eigenvalue weighted by atomic mass is 10.0. The lowest BCUT2D eigenvalue weighted by Crippen LogP contribution is -2.34. The smallest absolute Gasteiger partial charge is 0.257 e. The van der Waals surface area contributed by atoms with Gasteiger partial charge >= 0.3 is 0 Å². The molecule has 0 aliphatic carbocycles. The fourth-order valence-corrected chi connectivity index (χ4v) is 3.07. The van der Waals surface area contributed by atoms with Gasteiger partial charge in [-0.25, -0.2) is 0 Å². The third kappa shape index (κ3) is 5.75. The van der Waals surface area contributed by atoms with Crippen LogP contribution in [0.2, 0.25) is 0 Å². The Kier molecular flexibility index (Phi) is 7.29. The zero-order valence-corrected chi connectivity index (χ0v) is 17.5. The van der Waals surface area contributed by atoms with Gasteiger partial charge in [-0.1, -0.05) is 55.5 Å². The predicted octanol–water partition coefficient (Wildman–Crippen LogP) is 4.62. The first-order valence-electron chi connectivity index (χ1n) is 9.73. The minimum atomic E-state index is -0.302. The number of carbonyl (C=O) groups excluding carboxylic acids is 2. The van der Waals surface area contributed by atoms with E-state index in [9.17, 15) is 9.59 Å². The van der Waals surface area contributed by atoms with Gasteiger partial charge in [-0.2, -0.15) is 0 Å². The van der Waals surface area contributed by atoms with Crippen molar-refractivity contribution in [3.63, 3.8) is 0 Å². The molecule has 0 saturated heterocycles. The number of hydrogen-bond donors (Lipinski definition) is 3. The molecule has 6 heteroatoms. The van der Waals surface area contributed by atoms with Gasteiger partial charge in [-0.15, -0.1) is 0 Å². The lowest BCUT2D eigenvalue weighted by molar-refractivity contribution is 0.0951. The third-order valence-corrected chi connectivity index (χ3v) is 4.60. The summed E-state index contributed by atoms with van der Waals surface area (Å²) in [7, 11) is 0. The maximum atomic E-state index is 12.5. The molecule has 0 saturated carbocycles. The molecule has 0 heterocycles. The molecule has 0 fully saturated rings. The van der Waals surface area contributed by atoms with Crippen molar-refractivity contribution in [2.75, 3.05) is 11.9 Å². The predicted molar refractivity (Wildman–Crippen MR) is 125 cm³/mol. The third-order valence-electron chi connectivity index (χ3n) is 4.40. The van der Waals surface area contributed by atoms with Crippen LogP contribution in [0.15, 0.2) is 78.9 Å². The van der Waals surface area contributed by atoms with Crippen molar-refractivity contribution < 1.29 is 9.59 Å². The fraction of sp³-hybridized carbons (Fsp3) is 0.125. The van der Waals surface area contributed by atoms with Gasteiger partial charge in [0.1, 0.15) is 0 Å². The molecule has 5 nitrogen and oxygen atoms in total. The van der Waals surface area contributed by atoms with Crippen LogP contribution in [0.5, 0.6) is 0 Å². The van der Waals surface area contributed by atoms with E-state index in [1.165, 1.54) is 0 Å². The summed E-state index contributed by atoms with van der Waals surface area (Å²) in [6.07, 6.45) is 0.867. The molecule has 0 aromatic heterocycles. The van der Waals surface area contributed by atoms with Crippen LogP contribution in [0.1, 0.15) is 34.1 Å². The van der Waals surface area contributed by atoms with E-state index in [2.05, 4.69) is 16.0 Å². The molecule has 0 spiro atoms. The molecule has 0 aliphatic rings. The van der Waals surface area contributed by atoms with Gasteiger partial charge in [-0.3, -0.25) is 14.9 Å². The first-order valence-corrected chi connectivity index (χ1v) is 10.1. The molecular formula is C24H23N3O2S. The molecule has 3 rings (SSSR count). The average Bonchev–Trinajstić information content (AvgIpc) is 2.78. The number of carbonyl (C=O) groups is 2. The van der Waals surface area contributed by atoms with Crippen LogP contribution in [0.3, 0.4) is 0 Å². The van der Waals surface area contributed by atoms with Crippen LogP contribution in [-0.4, -0.2) is 23.5 Å². The molecule has 0 aliphatic heterocycles. The van der Waals surface area contributed by atoms with E-state index in [-0.39, 0.29) is 16.9 Å². The van der Waals surface area contributed by atoms with Gasteiger partial charge in [-0.05, 0) is 60.1 Å². The second kappa shape index (κ2) is 10.3. The Morgan fingerprint density at radius 1 is 0.800 bits per heavy atom. The van der Waals surface area contributed by atoms with Crippen molar-refractivity contribution >= 4 is 34.8 Å². The fourth-order valence-electron chi connectivity index (χ4n) is 2.86. The maximum Gasteiger partial charge on any atom is 0.257 e. The van der Waals surface area contributed by atoms with Gasteiger partial charge in [0.15, 0.2) is 5.11 Å². The van der Waals surface area contributed by atoms with Crippen LogP contribution >= 0.6 is 12.2 Å². The van der Waals surface area contributed by atoms with E-state index in [4.69, 9.17) is 12.2 Å². The first-order chi connectivity index (χ1) is 14.6. The van der Waals surface area contributed by atoms with Crippen molar-refractivity contribution in [1.29, 1.82) is 0 Å². The van der Waals surface area contributed by atoms with Crippen LogP contribution in [0.4, 0.5) is 5.69 Å². The molecule has 2 amide bonds. The van der Waals surface area contributed by atoms with Crippen LogP contribution in [0, 0.1) is 0 Å². The normalized spacial score (nSPS) is 10.2. The average molecular weight is 418 g/mol. The number of anilines is 1. The number of hydrogen-bond acceptors (Lipinski definition) is 3.